The number of hydrogen-bond donors (Lipinski definition) is 3. The van der Waals surface area contributed by atoms with Gasteiger partial charge < -0.3 is 15.7 Å². The van der Waals surface area contributed by atoms with Crippen LogP contribution in [0.25, 0.3) is 0 Å². The van der Waals surface area contributed by atoms with Crippen molar-refractivity contribution in [2.24, 2.45) is 0 Å². The minimum absolute atomic E-state index is 0.295. The predicted octanol–water partition coefficient (Wildman–Crippen LogP) is 1.94. The number of nitrogens with zero attached hydrogens (tertiary/aromatic N) is 1. The molecule has 7 heteroatoms. The van der Waals surface area contributed by atoms with Crippen molar-refractivity contribution < 1.29 is 19.5 Å². The van der Waals surface area contributed by atoms with Gasteiger partial charge in [0.1, 0.15) is 12.1 Å². The van der Waals surface area contributed by atoms with E-state index in [1.54, 1.807) is 6.08 Å². The fourth-order valence-corrected chi connectivity index (χ4v) is 3.22. The zero-order valence-corrected chi connectivity index (χ0v) is 15.4. The summed E-state index contributed by atoms with van der Waals surface area (Å²) < 4.78 is 0. The van der Waals surface area contributed by atoms with Crippen LogP contribution in [0.5, 0.6) is 0 Å². The number of nitrogens with one attached hydrogen (secondary N) is 2. The van der Waals surface area contributed by atoms with Crippen LogP contribution in [-0.4, -0.2) is 53.1 Å². The Kier molecular flexibility index (Phi) is 7.85. The Morgan fingerprint density at radius 3 is 2.67 bits per heavy atom. The first kappa shape index (κ1) is 20.5. The van der Waals surface area contributed by atoms with E-state index in [-0.39, 0.29) is 5.91 Å². The van der Waals surface area contributed by atoms with Gasteiger partial charge in [0, 0.05) is 13.1 Å². The van der Waals surface area contributed by atoms with Gasteiger partial charge in [0.2, 0.25) is 11.8 Å². The highest BCUT2D eigenvalue weighted by molar-refractivity contribution is 5.91. The molecule has 1 heterocycles. The van der Waals surface area contributed by atoms with E-state index in [2.05, 4.69) is 17.2 Å². The lowest BCUT2D eigenvalue weighted by atomic mass is 10.00. The van der Waals surface area contributed by atoms with Gasteiger partial charge in [-0.3, -0.25) is 14.5 Å². The monoisotopic (exact) mass is 373 g/mol. The molecule has 1 aliphatic heterocycles. The zero-order chi connectivity index (χ0) is 19.6. The molecule has 0 unspecified atom stereocenters. The van der Waals surface area contributed by atoms with Gasteiger partial charge >= 0.3 is 6.09 Å². The van der Waals surface area contributed by atoms with Gasteiger partial charge in [-0.2, -0.15) is 0 Å². The average molecular weight is 373 g/mol. The van der Waals surface area contributed by atoms with Crippen LogP contribution in [0.2, 0.25) is 0 Å². The fraction of sp³-hybridized carbons (Fsp3) is 0.450. The second kappa shape index (κ2) is 10.4. The van der Waals surface area contributed by atoms with Crippen molar-refractivity contribution in [1.82, 2.24) is 15.5 Å². The van der Waals surface area contributed by atoms with Crippen LogP contribution in [0.3, 0.4) is 0 Å². The lowest BCUT2D eigenvalue weighted by Gasteiger charge is -2.33. The first-order valence-corrected chi connectivity index (χ1v) is 9.25. The summed E-state index contributed by atoms with van der Waals surface area (Å²) >= 11 is 0. The highest BCUT2D eigenvalue weighted by atomic mass is 16.4. The van der Waals surface area contributed by atoms with Gasteiger partial charge in [0.15, 0.2) is 0 Å². The van der Waals surface area contributed by atoms with Gasteiger partial charge in [0.25, 0.3) is 0 Å². The van der Waals surface area contributed by atoms with E-state index in [0.717, 1.165) is 23.3 Å². The highest BCUT2D eigenvalue weighted by Crippen LogP contribution is 2.18. The van der Waals surface area contributed by atoms with Crippen molar-refractivity contribution >= 4 is 17.9 Å². The maximum Gasteiger partial charge on any atom is 0.407 e. The lowest BCUT2D eigenvalue weighted by molar-refractivity contribution is -0.132. The summed E-state index contributed by atoms with van der Waals surface area (Å²) in [6.45, 7) is 4.22. The van der Waals surface area contributed by atoms with Crippen LogP contribution >= 0.6 is 0 Å². The number of amides is 3. The van der Waals surface area contributed by atoms with Gasteiger partial charge in [-0.05, 0) is 37.7 Å². The number of benzene rings is 1. The third kappa shape index (κ3) is 6.13. The maximum absolute atomic E-state index is 12.7. The lowest BCUT2D eigenvalue weighted by Crippen LogP contribution is -2.56. The average Bonchev–Trinajstić information content (AvgIpc) is 2.69. The summed E-state index contributed by atoms with van der Waals surface area (Å²) in [6, 6.07) is 8.23. The number of carbonyl (C=O) groups is 3. The number of carboxylic acid groups (broad SMARTS) is 1. The number of rotatable bonds is 8. The Morgan fingerprint density at radius 1 is 1.26 bits per heavy atom. The molecule has 1 saturated heterocycles. The Labute approximate surface area is 159 Å². The zero-order valence-electron chi connectivity index (χ0n) is 15.4. The molecule has 1 fully saturated rings. The largest absolute Gasteiger partial charge is 0.465 e. The van der Waals surface area contributed by atoms with Crippen LogP contribution in [-0.2, 0) is 16.0 Å². The van der Waals surface area contributed by atoms with Gasteiger partial charge in [-0.15, -0.1) is 6.58 Å². The molecule has 0 saturated carbocycles. The molecular weight excluding hydrogens is 346 g/mol. The quantitative estimate of drug-likeness (QED) is 0.607. The summed E-state index contributed by atoms with van der Waals surface area (Å²) in [4.78, 5) is 37.7. The van der Waals surface area contributed by atoms with Gasteiger partial charge in [0.05, 0.1) is 0 Å². The molecule has 0 aromatic heterocycles. The van der Waals surface area contributed by atoms with Crippen molar-refractivity contribution in [3.05, 3.63) is 48.6 Å². The first-order valence-electron chi connectivity index (χ1n) is 9.25. The molecule has 0 radical (unpaired) electrons. The minimum atomic E-state index is -1.10. The molecule has 3 amide bonds. The molecule has 3 N–H and O–H groups in total. The summed E-state index contributed by atoms with van der Waals surface area (Å²) in [6.07, 6.45) is 3.52. The van der Waals surface area contributed by atoms with E-state index in [4.69, 9.17) is 0 Å². The van der Waals surface area contributed by atoms with E-state index in [9.17, 15) is 19.5 Å². The van der Waals surface area contributed by atoms with Gasteiger partial charge in [-0.1, -0.05) is 36.4 Å². The van der Waals surface area contributed by atoms with Crippen LogP contribution in [0.15, 0.2) is 43.0 Å². The molecule has 1 aliphatic rings. The Bertz CT molecular complexity index is 662. The van der Waals surface area contributed by atoms with E-state index in [1.165, 1.54) is 0 Å². The SMILES string of the molecule is C=CCNC(=O)[C@H](CCc1ccccc1)NC(=O)[C@@H]1CCCCN1C(=O)O. The Hall–Kier alpha value is -2.83. The van der Waals surface area contributed by atoms with Crippen LogP contribution < -0.4 is 10.6 Å². The van der Waals surface area contributed by atoms with Crippen LogP contribution in [0.1, 0.15) is 31.2 Å². The topological polar surface area (TPSA) is 98.7 Å². The van der Waals surface area contributed by atoms with Crippen molar-refractivity contribution in [2.45, 2.75) is 44.2 Å². The molecule has 2 atom stereocenters. The molecule has 146 valence electrons. The fourth-order valence-electron chi connectivity index (χ4n) is 3.22. The smallest absolute Gasteiger partial charge is 0.407 e. The molecule has 0 bridgehead atoms. The van der Waals surface area contributed by atoms with E-state index >= 15 is 0 Å². The summed E-state index contributed by atoms with van der Waals surface area (Å²) in [5.74, 6) is -0.708. The minimum Gasteiger partial charge on any atom is -0.465 e. The summed E-state index contributed by atoms with van der Waals surface area (Å²) in [5, 5.41) is 14.8. The summed E-state index contributed by atoms with van der Waals surface area (Å²) in [5.41, 5.74) is 1.07. The van der Waals surface area contributed by atoms with E-state index in [1.807, 2.05) is 30.3 Å². The predicted molar refractivity (Wildman–Crippen MR) is 102 cm³/mol. The normalized spacial score (nSPS) is 17.6. The van der Waals surface area contributed by atoms with Crippen molar-refractivity contribution in [1.29, 1.82) is 0 Å². The van der Waals surface area contributed by atoms with Crippen molar-refractivity contribution in [3.63, 3.8) is 0 Å². The maximum atomic E-state index is 12.7. The summed E-state index contributed by atoms with van der Waals surface area (Å²) in [7, 11) is 0. The number of likely N-dealkylation sites (tertiary alicyclic amines) is 1. The number of carbonyl (C=O) groups excluding carboxylic acids is 2. The Morgan fingerprint density at radius 2 is 2.00 bits per heavy atom. The van der Waals surface area contributed by atoms with Crippen LogP contribution in [0, 0.1) is 0 Å². The first-order chi connectivity index (χ1) is 13.0. The molecule has 27 heavy (non-hydrogen) atoms. The molecule has 1 aromatic rings. The van der Waals surface area contributed by atoms with Gasteiger partial charge in [-0.25, -0.2) is 4.79 Å². The second-order valence-corrected chi connectivity index (χ2v) is 6.61. The number of hydrogen-bond acceptors (Lipinski definition) is 3. The van der Waals surface area contributed by atoms with E-state index in [0.29, 0.717) is 32.4 Å². The third-order valence-electron chi connectivity index (χ3n) is 4.67. The molecule has 2 rings (SSSR count). The molecule has 0 spiro atoms. The van der Waals surface area contributed by atoms with Crippen molar-refractivity contribution in [2.75, 3.05) is 13.1 Å². The molecule has 0 aliphatic carbocycles. The third-order valence-corrected chi connectivity index (χ3v) is 4.67. The highest BCUT2D eigenvalue weighted by Gasteiger charge is 2.34. The van der Waals surface area contributed by atoms with Crippen LogP contribution in [0.4, 0.5) is 4.79 Å². The Balaban J connectivity index is 2.04. The number of piperidine rings is 1. The molecule has 1 aromatic carbocycles. The number of aryl methyl sites for hydroxylation is 1. The molecular formula is C20H27N3O4. The molecule has 7 nitrogen and oxygen atoms in total. The van der Waals surface area contributed by atoms with E-state index < -0.39 is 24.1 Å². The van der Waals surface area contributed by atoms with Crippen molar-refractivity contribution in [3.8, 4) is 0 Å². The second-order valence-electron chi connectivity index (χ2n) is 6.61. The standard InChI is InChI=1S/C20H27N3O4/c1-2-13-21-18(24)16(12-11-15-8-4-3-5-9-15)22-19(25)17-10-6-7-14-23(17)20(26)27/h2-5,8-9,16-17H,1,6-7,10-14H2,(H,21,24)(H,22,25)(H,26,27)/t16-,17-/m0/s1.